The number of rotatable bonds is 3. The smallest absolute Gasteiger partial charge is 0.252 e. The van der Waals surface area contributed by atoms with Crippen molar-refractivity contribution in [3.63, 3.8) is 0 Å². The normalized spacial score (nSPS) is 11.2. The SMILES string of the molecule is Cc1nc2ncnn2c(C)c1CC(=O)Nc1nc2ccccc2s1. The zero-order valence-electron chi connectivity index (χ0n) is 13.1. The van der Waals surface area contributed by atoms with Crippen molar-refractivity contribution in [1.29, 1.82) is 0 Å². The summed E-state index contributed by atoms with van der Waals surface area (Å²) < 4.78 is 2.69. The molecule has 8 heteroatoms. The van der Waals surface area contributed by atoms with Crippen molar-refractivity contribution in [2.24, 2.45) is 0 Å². The molecule has 0 aliphatic rings. The van der Waals surface area contributed by atoms with E-state index < -0.39 is 0 Å². The minimum Gasteiger partial charge on any atom is -0.302 e. The number of aryl methyl sites for hydroxylation is 2. The molecular weight excluding hydrogens is 324 g/mol. The van der Waals surface area contributed by atoms with E-state index in [1.807, 2.05) is 38.1 Å². The Morgan fingerprint density at radius 2 is 2.08 bits per heavy atom. The van der Waals surface area contributed by atoms with Gasteiger partial charge in [0.25, 0.3) is 5.78 Å². The summed E-state index contributed by atoms with van der Waals surface area (Å²) in [5, 5.41) is 7.62. The molecule has 0 radical (unpaired) electrons. The summed E-state index contributed by atoms with van der Waals surface area (Å²) in [6.45, 7) is 3.79. The molecule has 1 aromatic carbocycles. The van der Waals surface area contributed by atoms with E-state index in [4.69, 9.17) is 0 Å². The molecule has 7 nitrogen and oxygen atoms in total. The Balaban J connectivity index is 1.59. The van der Waals surface area contributed by atoms with Crippen LogP contribution in [0.3, 0.4) is 0 Å². The fourth-order valence-corrected chi connectivity index (χ4v) is 3.54. The average Bonchev–Trinajstić information content (AvgIpc) is 3.17. The molecule has 24 heavy (non-hydrogen) atoms. The van der Waals surface area contributed by atoms with Gasteiger partial charge in [0.05, 0.1) is 16.6 Å². The number of hydrogen-bond donors (Lipinski definition) is 1. The van der Waals surface area contributed by atoms with Crippen molar-refractivity contribution in [3.8, 4) is 0 Å². The third-order valence-corrected chi connectivity index (χ3v) is 4.82. The summed E-state index contributed by atoms with van der Waals surface area (Å²) in [4.78, 5) is 25.3. The summed E-state index contributed by atoms with van der Waals surface area (Å²) >= 11 is 1.46. The number of aromatic nitrogens is 5. The summed E-state index contributed by atoms with van der Waals surface area (Å²) in [5.41, 5.74) is 3.39. The number of thiazole rings is 1. The molecule has 0 spiro atoms. The predicted octanol–water partition coefficient (Wildman–Crippen LogP) is 2.53. The highest BCUT2D eigenvalue weighted by atomic mass is 32.1. The maximum Gasteiger partial charge on any atom is 0.252 e. The number of anilines is 1. The fraction of sp³-hybridized carbons (Fsp3) is 0.188. The number of para-hydroxylation sites is 1. The summed E-state index contributed by atoms with van der Waals surface area (Å²) in [7, 11) is 0. The van der Waals surface area contributed by atoms with Gasteiger partial charge in [0.1, 0.15) is 6.33 Å². The van der Waals surface area contributed by atoms with Crippen molar-refractivity contribution in [3.05, 3.63) is 47.5 Å². The van der Waals surface area contributed by atoms with E-state index in [1.54, 1.807) is 4.52 Å². The van der Waals surface area contributed by atoms with Crippen molar-refractivity contribution in [2.45, 2.75) is 20.3 Å². The van der Waals surface area contributed by atoms with Crippen LogP contribution in [-0.2, 0) is 11.2 Å². The molecule has 0 fully saturated rings. The van der Waals surface area contributed by atoms with Crippen LogP contribution in [0.2, 0.25) is 0 Å². The Kier molecular flexibility index (Phi) is 3.46. The van der Waals surface area contributed by atoms with Crippen LogP contribution in [0.1, 0.15) is 17.0 Å². The summed E-state index contributed by atoms with van der Waals surface area (Å²) in [6, 6.07) is 7.80. The predicted molar refractivity (Wildman–Crippen MR) is 92.2 cm³/mol. The molecule has 1 amide bonds. The first-order valence-corrected chi connectivity index (χ1v) is 8.24. The van der Waals surface area contributed by atoms with Crippen molar-refractivity contribution in [2.75, 3.05) is 5.32 Å². The molecule has 3 aromatic heterocycles. The highest BCUT2D eigenvalue weighted by Crippen LogP contribution is 2.25. The van der Waals surface area contributed by atoms with Crippen LogP contribution in [0, 0.1) is 13.8 Å². The van der Waals surface area contributed by atoms with Gasteiger partial charge in [-0.15, -0.1) is 0 Å². The van der Waals surface area contributed by atoms with Gasteiger partial charge < -0.3 is 5.32 Å². The van der Waals surface area contributed by atoms with Gasteiger partial charge in [0.15, 0.2) is 5.13 Å². The standard InChI is InChI=1S/C16H14N6OS/c1-9-11(10(2)22-15(19-9)17-8-18-22)7-14(23)21-16-20-12-5-3-4-6-13(12)24-16/h3-6,8H,7H2,1-2H3,(H,20,21,23). The third kappa shape index (κ3) is 2.50. The first-order chi connectivity index (χ1) is 11.6. The maximum atomic E-state index is 12.4. The molecule has 1 N–H and O–H groups in total. The van der Waals surface area contributed by atoms with Gasteiger partial charge in [-0.1, -0.05) is 23.5 Å². The first kappa shape index (κ1) is 14.7. The number of nitrogens with zero attached hydrogens (tertiary/aromatic N) is 5. The zero-order chi connectivity index (χ0) is 16.7. The van der Waals surface area contributed by atoms with Crippen LogP contribution >= 0.6 is 11.3 Å². The molecule has 0 aliphatic heterocycles. The number of nitrogens with one attached hydrogen (secondary N) is 1. The van der Waals surface area contributed by atoms with E-state index in [0.29, 0.717) is 10.9 Å². The Hall–Kier alpha value is -2.87. The minimum atomic E-state index is -0.124. The van der Waals surface area contributed by atoms with Crippen LogP contribution in [-0.4, -0.2) is 30.5 Å². The van der Waals surface area contributed by atoms with E-state index in [1.165, 1.54) is 17.7 Å². The Bertz CT molecular complexity index is 1030. The van der Waals surface area contributed by atoms with Crippen LogP contribution < -0.4 is 5.32 Å². The van der Waals surface area contributed by atoms with Crippen molar-refractivity contribution >= 4 is 38.4 Å². The lowest BCUT2D eigenvalue weighted by atomic mass is 10.1. The van der Waals surface area contributed by atoms with Crippen molar-refractivity contribution < 1.29 is 4.79 Å². The summed E-state index contributed by atoms with van der Waals surface area (Å²) in [6.07, 6.45) is 1.68. The first-order valence-electron chi connectivity index (χ1n) is 7.43. The fourth-order valence-electron chi connectivity index (χ4n) is 2.66. The molecule has 0 saturated carbocycles. The number of carbonyl (C=O) groups is 1. The van der Waals surface area contributed by atoms with Gasteiger partial charge in [-0.05, 0) is 26.0 Å². The van der Waals surface area contributed by atoms with E-state index in [2.05, 4.69) is 25.4 Å². The quantitative estimate of drug-likeness (QED) is 0.620. The molecule has 0 saturated heterocycles. The Morgan fingerprint density at radius 3 is 2.92 bits per heavy atom. The lowest BCUT2D eigenvalue weighted by molar-refractivity contribution is -0.115. The second-order valence-electron chi connectivity index (χ2n) is 5.44. The molecular formula is C16H14N6OS. The third-order valence-electron chi connectivity index (χ3n) is 3.87. The second-order valence-corrected chi connectivity index (χ2v) is 6.48. The van der Waals surface area contributed by atoms with E-state index in [9.17, 15) is 4.79 Å². The van der Waals surface area contributed by atoms with Crippen LogP contribution in [0.15, 0.2) is 30.6 Å². The molecule has 0 atom stereocenters. The number of fused-ring (bicyclic) bond motifs is 2. The van der Waals surface area contributed by atoms with Crippen LogP contribution in [0.4, 0.5) is 5.13 Å². The lowest BCUT2D eigenvalue weighted by Crippen LogP contribution is -2.17. The highest BCUT2D eigenvalue weighted by Gasteiger charge is 2.15. The zero-order valence-corrected chi connectivity index (χ0v) is 14.0. The van der Waals surface area contributed by atoms with Crippen LogP contribution in [0.5, 0.6) is 0 Å². The Morgan fingerprint density at radius 1 is 1.25 bits per heavy atom. The van der Waals surface area contributed by atoms with E-state index in [0.717, 1.165) is 27.2 Å². The number of amides is 1. The molecule has 0 unspecified atom stereocenters. The van der Waals surface area contributed by atoms with Crippen LogP contribution in [0.25, 0.3) is 16.0 Å². The van der Waals surface area contributed by atoms with Gasteiger partial charge in [0, 0.05) is 17.0 Å². The molecule has 120 valence electrons. The lowest BCUT2D eigenvalue weighted by Gasteiger charge is -2.09. The Labute approximate surface area is 141 Å². The van der Waals surface area contributed by atoms with Crippen molar-refractivity contribution in [1.82, 2.24) is 24.6 Å². The minimum absolute atomic E-state index is 0.124. The topological polar surface area (TPSA) is 85.1 Å². The number of carbonyl (C=O) groups excluding carboxylic acids is 1. The molecule has 4 rings (SSSR count). The van der Waals surface area contributed by atoms with Gasteiger partial charge in [-0.3, -0.25) is 4.79 Å². The second kappa shape index (κ2) is 5.64. The van der Waals surface area contributed by atoms with Gasteiger partial charge >= 0.3 is 0 Å². The largest absolute Gasteiger partial charge is 0.302 e. The van der Waals surface area contributed by atoms with E-state index in [-0.39, 0.29) is 12.3 Å². The van der Waals surface area contributed by atoms with Gasteiger partial charge in [0.2, 0.25) is 5.91 Å². The number of hydrogen-bond acceptors (Lipinski definition) is 6. The monoisotopic (exact) mass is 338 g/mol. The molecule has 3 heterocycles. The highest BCUT2D eigenvalue weighted by molar-refractivity contribution is 7.22. The average molecular weight is 338 g/mol. The maximum absolute atomic E-state index is 12.4. The number of benzene rings is 1. The van der Waals surface area contributed by atoms with Gasteiger partial charge in [-0.25, -0.2) is 14.5 Å². The summed E-state index contributed by atoms with van der Waals surface area (Å²) in [5.74, 6) is 0.418. The molecule has 0 aliphatic carbocycles. The van der Waals surface area contributed by atoms with E-state index >= 15 is 0 Å². The van der Waals surface area contributed by atoms with Gasteiger partial charge in [-0.2, -0.15) is 10.1 Å². The molecule has 0 bridgehead atoms. The molecule has 4 aromatic rings.